The second-order valence-electron chi connectivity index (χ2n) is 4.85. The monoisotopic (exact) mass is 245 g/mol. The van der Waals surface area contributed by atoms with Gasteiger partial charge in [0, 0.05) is 12.2 Å². The number of hydrogen-bond acceptors (Lipinski definition) is 4. The van der Waals surface area contributed by atoms with Gasteiger partial charge in [-0.05, 0) is 31.9 Å². The number of aliphatic carboxylic acids is 1. The number of rotatable bonds is 3. The van der Waals surface area contributed by atoms with E-state index in [1.807, 2.05) is 6.07 Å². The van der Waals surface area contributed by atoms with Crippen LogP contribution >= 0.6 is 0 Å². The van der Waals surface area contributed by atoms with Crippen molar-refractivity contribution >= 4 is 11.8 Å². The van der Waals surface area contributed by atoms with Gasteiger partial charge in [0.25, 0.3) is 0 Å². The first-order valence-corrected chi connectivity index (χ1v) is 5.92. The van der Waals surface area contributed by atoms with Crippen molar-refractivity contribution in [2.75, 3.05) is 5.32 Å². The zero-order valence-corrected chi connectivity index (χ0v) is 10.2. The molecule has 5 heteroatoms. The maximum Gasteiger partial charge on any atom is 0.311 e. The zero-order valence-electron chi connectivity index (χ0n) is 10.2. The summed E-state index contributed by atoms with van der Waals surface area (Å²) in [4.78, 5) is 15.5. The lowest BCUT2D eigenvalue weighted by atomic mass is 9.85. The van der Waals surface area contributed by atoms with Crippen LogP contribution in [0.25, 0.3) is 0 Å². The van der Waals surface area contributed by atoms with Crippen LogP contribution in [0, 0.1) is 16.7 Å². The second kappa shape index (κ2) is 4.65. The van der Waals surface area contributed by atoms with Gasteiger partial charge in [-0.2, -0.15) is 5.26 Å². The molecule has 2 unspecified atom stereocenters. The third-order valence-corrected chi connectivity index (χ3v) is 3.66. The van der Waals surface area contributed by atoms with Gasteiger partial charge in [0.15, 0.2) is 0 Å². The van der Waals surface area contributed by atoms with Crippen LogP contribution in [0.2, 0.25) is 0 Å². The van der Waals surface area contributed by atoms with Crippen LogP contribution in [0.5, 0.6) is 0 Å². The molecule has 0 spiro atoms. The van der Waals surface area contributed by atoms with Crippen molar-refractivity contribution in [2.45, 2.75) is 32.2 Å². The first kappa shape index (κ1) is 12.4. The van der Waals surface area contributed by atoms with Gasteiger partial charge in [-0.1, -0.05) is 6.42 Å². The van der Waals surface area contributed by atoms with Crippen LogP contribution in [0.15, 0.2) is 18.3 Å². The van der Waals surface area contributed by atoms with Crippen LogP contribution in [-0.2, 0) is 4.79 Å². The third-order valence-electron chi connectivity index (χ3n) is 3.66. The highest BCUT2D eigenvalue weighted by molar-refractivity contribution is 5.76. The molecule has 1 aromatic heterocycles. The van der Waals surface area contributed by atoms with Gasteiger partial charge in [0.05, 0.1) is 17.0 Å². The molecule has 2 rings (SSSR count). The predicted octanol–water partition coefficient (Wildman–Crippen LogP) is 2.01. The summed E-state index contributed by atoms with van der Waals surface area (Å²) in [5, 5.41) is 21.3. The predicted molar refractivity (Wildman–Crippen MR) is 66.0 cm³/mol. The molecule has 1 aliphatic rings. The fourth-order valence-electron chi connectivity index (χ4n) is 2.41. The Kier molecular flexibility index (Phi) is 3.19. The molecule has 1 saturated carbocycles. The summed E-state index contributed by atoms with van der Waals surface area (Å²) in [5.74, 6) is -0.220. The van der Waals surface area contributed by atoms with Crippen molar-refractivity contribution < 1.29 is 9.90 Å². The van der Waals surface area contributed by atoms with Crippen molar-refractivity contribution in [1.29, 1.82) is 5.26 Å². The van der Waals surface area contributed by atoms with E-state index in [1.54, 1.807) is 25.3 Å². The average molecular weight is 245 g/mol. The molecule has 0 saturated heterocycles. The van der Waals surface area contributed by atoms with Crippen LogP contribution in [-0.4, -0.2) is 22.1 Å². The summed E-state index contributed by atoms with van der Waals surface area (Å²) in [7, 11) is 0. The number of aromatic nitrogens is 1. The SMILES string of the molecule is CC1(C(=O)O)CCCC1Nc1cc(C#N)ccn1. The van der Waals surface area contributed by atoms with E-state index in [1.165, 1.54) is 0 Å². The van der Waals surface area contributed by atoms with Crippen molar-refractivity contribution in [3.63, 3.8) is 0 Å². The topological polar surface area (TPSA) is 86.0 Å². The summed E-state index contributed by atoms with van der Waals surface area (Å²) >= 11 is 0. The summed E-state index contributed by atoms with van der Waals surface area (Å²) in [5.41, 5.74) is -0.243. The molecule has 0 aliphatic heterocycles. The number of carboxylic acids is 1. The zero-order chi connectivity index (χ0) is 13.2. The molecule has 94 valence electrons. The van der Waals surface area contributed by atoms with E-state index >= 15 is 0 Å². The molecule has 1 fully saturated rings. The van der Waals surface area contributed by atoms with E-state index in [2.05, 4.69) is 10.3 Å². The highest BCUT2D eigenvalue weighted by Crippen LogP contribution is 2.39. The van der Waals surface area contributed by atoms with E-state index in [0.717, 1.165) is 12.8 Å². The average Bonchev–Trinajstić information content (AvgIpc) is 2.73. The van der Waals surface area contributed by atoms with E-state index in [-0.39, 0.29) is 6.04 Å². The minimum atomic E-state index is -0.783. The first-order valence-electron chi connectivity index (χ1n) is 5.92. The van der Waals surface area contributed by atoms with Crippen molar-refractivity contribution in [3.05, 3.63) is 23.9 Å². The molecule has 2 atom stereocenters. The van der Waals surface area contributed by atoms with Crippen molar-refractivity contribution in [2.24, 2.45) is 5.41 Å². The molecule has 1 heterocycles. The lowest BCUT2D eigenvalue weighted by Crippen LogP contribution is -2.40. The van der Waals surface area contributed by atoms with Crippen LogP contribution in [0.3, 0.4) is 0 Å². The Bertz CT molecular complexity index is 509. The van der Waals surface area contributed by atoms with Gasteiger partial charge >= 0.3 is 5.97 Å². The fraction of sp³-hybridized carbons (Fsp3) is 0.462. The van der Waals surface area contributed by atoms with Gasteiger partial charge < -0.3 is 10.4 Å². The van der Waals surface area contributed by atoms with Crippen LogP contribution < -0.4 is 5.32 Å². The summed E-state index contributed by atoms with van der Waals surface area (Å²) in [6.07, 6.45) is 3.91. The standard InChI is InChI=1S/C13H15N3O2/c1-13(12(17)18)5-2-3-10(13)16-11-7-9(8-14)4-6-15-11/h4,6-7,10H,2-3,5H2,1H3,(H,15,16)(H,17,18). The van der Waals surface area contributed by atoms with E-state index in [4.69, 9.17) is 5.26 Å². The van der Waals surface area contributed by atoms with Gasteiger partial charge in [-0.3, -0.25) is 4.79 Å². The Morgan fingerprint density at radius 1 is 1.72 bits per heavy atom. The molecule has 0 amide bonds. The highest BCUT2D eigenvalue weighted by atomic mass is 16.4. The number of carboxylic acid groups (broad SMARTS) is 1. The third kappa shape index (κ3) is 2.14. The number of anilines is 1. The minimum Gasteiger partial charge on any atom is -0.481 e. The summed E-state index contributed by atoms with van der Waals surface area (Å²) in [6.45, 7) is 1.76. The molecule has 0 aromatic carbocycles. The maximum absolute atomic E-state index is 11.3. The Morgan fingerprint density at radius 3 is 3.17 bits per heavy atom. The smallest absolute Gasteiger partial charge is 0.311 e. The molecule has 1 aromatic rings. The Balaban J connectivity index is 2.18. The van der Waals surface area contributed by atoms with E-state index in [0.29, 0.717) is 17.8 Å². The molecule has 2 N–H and O–H groups in total. The van der Waals surface area contributed by atoms with E-state index in [9.17, 15) is 9.90 Å². The Morgan fingerprint density at radius 2 is 2.50 bits per heavy atom. The molecule has 1 aliphatic carbocycles. The maximum atomic E-state index is 11.3. The summed E-state index contributed by atoms with van der Waals surface area (Å²) in [6, 6.07) is 5.16. The summed E-state index contributed by atoms with van der Waals surface area (Å²) < 4.78 is 0. The van der Waals surface area contributed by atoms with Crippen LogP contribution in [0.4, 0.5) is 5.82 Å². The number of carbonyl (C=O) groups is 1. The number of hydrogen-bond donors (Lipinski definition) is 2. The highest BCUT2D eigenvalue weighted by Gasteiger charge is 2.45. The van der Waals surface area contributed by atoms with Crippen LogP contribution in [0.1, 0.15) is 31.7 Å². The molecule has 18 heavy (non-hydrogen) atoms. The lowest BCUT2D eigenvalue weighted by Gasteiger charge is -2.28. The molecule has 0 radical (unpaired) electrons. The molecular weight excluding hydrogens is 230 g/mol. The first-order chi connectivity index (χ1) is 8.56. The van der Waals surface area contributed by atoms with Gasteiger partial charge in [0.1, 0.15) is 5.82 Å². The molecular formula is C13H15N3O2. The number of pyridine rings is 1. The normalized spacial score (nSPS) is 26.6. The Hall–Kier alpha value is -2.09. The molecule has 5 nitrogen and oxygen atoms in total. The second-order valence-corrected chi connectivity index (χ2v) is 4.85. The van der Waals surface area contributed by atoms with E-state index < -0.39 is 11.4 Å². The largest absolute Gasteiger partial charge is 0.481 e. The lowest BCUT2D eigenvalue weighted by molar-refractivity contribution is -0.147. The van der Waals surface area contributed by atoms with Gasteiger partial charge in [-0.25, -0.2) is 4.98 Å². The Labute approximate surface area is 105 Å². The molecule has 0 bridgehead atoms. The quantitative estimate of drug-likeness (QED) is 0.850. The number of nitrogens with zero attached hydrogens (tertiary/aromatic N) is 2. The fourth-order valence-corrected chi connectivity index (χ4v) is 2.41. The van der Waals surface area contributed by atoms with Gasteiger partial charge in [-0.15, -0.1) is 0 Å². The number of nitriles is 1. The van der Waals surface area contributed by atoms with Crippen molar-refractivity contribution in [3.8, 4) is 6.07 Å². The number of nitrogens with one attached hydrogen (secondary N) is 1. The minimum absolute atomic E-state index is 0.142. The van der Waals surface area contributed by atoms with Crippen molar-refractivity contribution in [1.82, 2.24) is 4.98 Å². The van der Waals surface area contributed by atoms with Gasteiger partial charge in [0.2, 0.25) is 0 Å².